The van der Waals surface area contributed by atoms with Crippen molar-refractivity contribution in [2.75, 3.05) is 11.1 Å². The number of hydrogen-bond acceptors (Lipinski definition) is 5. The minimum absolute atomic E-state index is 0.0449. The molecule has 28 heavy (non-hydrogen) atoms. The Morgan fingerprint density at radius 1 is 1.25 bits per heavy atom. The lowest BCUT2D eigenvalue weighted by molar-refractivity contribution is -0.113. The van der Waals surface area contributed by atoms with E-state index in [2.05, 4.69) is 48.9 Å². The van der Waals surface area contributed by atoms with Crippen LogP contribution in [-0.4, -0.2) is 26.4 Å². The van der Waals surface area contributed by atoms with E-state index in [1.807, 2.05) is 46.4 Å². The first-order valence-electron chi connectivity index (χ1n) is 9.00. The molecule has 7 heteroatoms. The number of benzene rings is 1. The summed E-state index contributed by atoms with van der Waals surface area (Å²) in [6.45, 7) is 10.8. The van der Waals surface area contributed by atoms with E-state index in [0.29, 0.717) is 11.7 Å². The third kappa shape index (κ3) is 4.72. The monoisotopic (exact) mass is 412 g/mol. The standard InChI is InChI=1S/C21H24N4OS2/c1-5-12-25-19(17-11-8-13-27-17)23-24-20(25)28-14-18(26)22-16-10-7-6-9-15(16)21(2,3)4/h5-11,13H,1,12,14H2,2-4H3,(H,22,26). The van der Waals surface area contributed by atoms with Crippen LogP contribution in [0.4, 0.5) is 5.69 Å². The number of para-hydroxylation sites is 1. The topological polar surface area (TPSA) is 59.8 Å². The average Bonchev–Trinajstić information content (AvgIpc) is 3.29. The molecule has 0 aliphatic carbocycles. The zero-order valence-electron chi connectivity index (χ0n) is 16.3. The van der Waals surface area contributed by atoms with E-state index in [9.17, 15) is 4.79 Å². The number of allylic oxidation sites excluding steroid dienone is 1. The molecule has 0 atom stereocenters. The first-order valence-corrected chi connectivity index (χ1v) is 10.9. The van der Waals surface area contributed by atoms with Gasteiger partial charge in [-0.2, -0.15) is 0 Å². The molecule has 0 fully saturated rings. The fourth-order valence-electron chi connectivity index (χ4n) is 2.84. The quantitative estimate of drug-likeness (QED) is 0.427. The van der Waals surface area contributed by atoms with E-state index in [1.165, 1.54) is 11.8 Å². The number of nitrogens with one attached hydrogen (secondary N) is 1. The first kappa shape index (κ1) is 20.4. The fraction of sp³-hybridized carbons (Fsp3) is 0.286. The van der Waals surface area contributed by atoms with Gasteiger partial charge >= 0.3 is 0 Å². The van der Waals surface area contributed by atoms with E-state index in [0.717, 1.165) is 22.0 Å². The maximum atomic E-state index is 12.6. The molecule has 0 spiro atoms. The zero-order chi connectivity index (χ0) is 20.1. The number of rotatable bonds is 7. The van der Waals surface area contributed by atoms with E-state index in [-0.39, 0.29) is 17.1 Å². The number of carbonyl (C=O) groups is 1. The molecule has 0 aliphatic heterocycles. The molecule has 0 radical (unpaired) electrons. The molecule has 2 heterocycles. The predicted octanol–water partition coefficient (Wildman–Crippen LogP) is 5.22. The van der Waals surface area contributed by atoms with E-state index >= 15 is 0 Å². The van der Waals surface area contributed by atoms with Gasteiger partial charge in [0.15, 0.2) is 11.0 Å². The number of nitrogens with zero attached hydrogens (tertiary/aromatic N) is 3. The number of anilines is 1. The van der Waals surface area contributed by atoms with Crippen LogP contribution in [0.5, 0.6) is 0 Å². The fourth-order valence-corrected chi connectivity index (χ4v) is 4.30. The molecule has 0 bridgehead atoms. The summed E-state index contributed by atoms with van der Waals surface area (Å²) in [5.74, 6) is 1.00. The van der Waals surface area contributed by atoms with Crippen molar-refractivity contribution in [1.82, 2.24) is 14.8 Å². The zero-order valence-corrected chi connectivity index (χ0v) is 17.9. The highest BCUT2D eigenvalue weighted by Gasteiger charge is 2.19. The summed E-state index contributed by atoms with van der Waals surface area (Å²) in [7, 11) is 0. The second kappa shape index (κ2) is 8.75. The maximum Gasteiger partial charge on any atom is 0.234 e. The van der Waals surface area contributed by atoms with Gasteiger partial charge in [0.1, 0.15) is 0 Å². The van der Waals surface area contributed by atoms with Crippen molar-refractivity contribution in [2.24, 2.45) is 0 Å². The van der Waals surface area contributed by atoms with Gasteiger partial charge in [0.2, 0.25) is 5.91 Å². The molecule has 5 nitrogen and oxygen atoms in total. The molecule has 0 saturated heterocycles. The molecule has 0 unspecified atom stereocenters. The summed E-state index contributed by atoms with van der Waals surface area (Å²) in [5.41, 5.74) is 1.92. The molecule has 146 valence electrons. The molecule has 3 rings (SSSR count). The van der Waals surface area contributed by atoms with Gasteiger partial charge in [0.05, 0.1) is 10.6 Å². The lowest BCUT2D eigenvalue weighted by atomic mass is 9.86. The highest BCUT2D eigenvalue weighted by Crippen LogP contribution is 2.30. The molecule has 0 saturated carbocycles. The third-order valence-corrected chi connectivity index (χ3v) is 5.94. The van der Waals surface area contributed by atoms with Crippen LogP contribution in [-0.2, 0) is 16.8 Å². The molecular formula is C21H24N4OS2. The molecule has 1 N–H and O–H groups in total. The largest absolute Gasteiger partial charge is 0.325 e. The van der Waals surface area contributed by atoms with Crippen LogP contribution >= 0.6 is 23.1 Å². The maximum absolute atomic E-state index is 12.6. The third-order valence-electron chi connectivity index (χ3n) is 4.11. The Balaban J connectivity index is 1.71. The highest BCUT2D eigenvalue weighted by molar-refractivity contribution is 7.99. The number of hydrogen-bond donors (Lipinski definition) is 1. The highest BCUT2D eigenvalue weighted by atomic mass is 32.2. The van der Waals surface area contributed by atoms with Crippen molar-refractivity contribution >= 4 is 34.7 Å². The Labute approximate surface area is 173 Å². The summed E-state index contributed by atoms with van der Waals surface area (Å²) < 4.78 is 1.99. The lowest BCUT2D eigenvalue weighted by Gasteiger charge is -2.22. The summed E-state index contributed by atoms with van der Waals surface area (Å²) >= 11 is 2.99. The smallest absolute Gasteiger partial charge is 0.234 e. The molecule has 0 aliphatic rings. The Hall–Kier alpha value is -2.38. The normalized spacial score (nSPS) is 11.4. The van der Waals surface area contributed by atoms with E-state index < -0.39 is 0 Å². The van der Waals surface area contributed by atoms with Gasteiger partial charge in [-0.15, -0.1) is 28.1 Å². The van der Waals surface area contributed by atoms with Crippen LogP contribution in [0.25, 0.3) is 10.7 Å². The van der Waals surface area contributed by atoms with Crippen molar-refractivity contribution in [1.29, 1.82) is 0 Å². The summed E-state index contributed by atoms with van der Waals surface area (Å²) in [5, 5.41) is 14.3. The Kier molecular flexibility index (Phi) is 6.36. The van der Waals surface area contributed by atoms with Crippen LogP contribution in [0, 0.1) is 0 Å². The number of carbonyl (C=O) groups excluding carboxylic acids is 1. The second-order valence-electron chi connectivity index (χ2n) is 7.32. The van der Waals surface area contributed by atoms with Crippen molar-refractivity contribution in [3.63, 3.8) is 0 Å². The van der Waals surface area contributed by atoms with Gasteiger partial charge in [-0.25, -0.2) is 0 Å². The van der Waals surface area contributed by atoms with Gasteiger partial charge in [0, 0.05) is 12.2 Å². The minimum atomic E-state index is -0.0625. The lowest BCUT2D eigenvalue weighted by Crippen LogP contribution is -2.20. The van der Waals surface area contributed by atoms with Crippen LogP contribution in [0.1, 0.15) is 26.3 Å². The van der Waals surface area contributed by atoms with Gasteiger partial charge < -0.3 is 5.32 Å². The molecule has 1 aromatic carbocycles. The van der Waals surface area contributed by atoms with Gasteiger partial charge in [-0.05, 0) is 28.5 Å². The Morgan fingerprint density at radius 2 is 2.04 bits per heavy atom. The summed E-state index contributed by atoms with van der Waals surface area (Å²) in [6, 6.07) is 11.9. The van der Waals surface area contributed by atoms with E-state index in [4.69, 9.17) is 0 Å². The average molecular weight is 413 g/mol. The summed E-state index contributed by atoms with van der Waals surface area (Å²) in [4.78, 5) is 13.6. The number of aromatic nitrogens is 3. The Bertz CT molecular complexity index is 955. The number of thiophene rings is 1. The van der Waals surface area contributed by atoms with Crippen LogP contribution in [0.3, 0.4) is 0 Å². The molecule has 2 aromatic heterocycles. The van der Waals surface area contributed by atoms with Crippen LogP contribution in [0.2, 0.25) is 0 Å². The first-order chi connectivity index (χ1) is 13.4. The minimum Gasteiger partial charge on any atom is -0.325 e. The summed E-state index contributed by atoms with van der Waals surface area (Å²) in [6.07, 6.45) is 1.81. The van der Waals surface area contributed by atoms with Crippen molar-refractivity contribution in [3.05, 3.63) is 60.0 Å². The van der Waals surface area contributed by atoms with E-state index in [1.54, 1.807) is 11.3 Å². The van der Waals surface area contributed by atoms with Crippen LogP contribution < -0.4 is 5.32 Å². The van der Waals surface area contributed by atoms with Crippen molar-refractivity contribution in [3.8, 4) is 10.7 Å². The second-order valence-corrected chi connectivity index (χ2v) is 9.21. The van der Waals surface area contributed by atoms with Crippen LogP contribution in [0.15, 0.2) is 59.6 Å². The SMILES string of the molecule is C=CCn1c(SCC(=O)Nc2ccccc2C(C)(C)C)nnc1-c1cccs1. The molecule has 3 aromatic rings. The van der Waals surface area contributed by atoms with Crippen molar-refractivity contribution < 1.29 is 4.79 Å². The molecule has 1 amide bonds. The van der Waals surface area contributed by atoms with Crippen molar-refractivity contribution in [2.45, 2.75) is 37.9 Å². The number of thioether (sulfide) groups is 1. The molecular weight excluding hydrogens is 388 g/mol. The number of amides is 1. The van der Waals surface area contributed by atoms with Gasteiger partial charge in [0.25, 0.3) is 0 Å². The predicted molar refractivity (Wildman–Crippen MR) is 118 cm³/mol. The van der Waals surface area contributed by atoms with Gasteiger partial charge in [-0.1, -0.05) is 62.9 Å². The van der Waals surface area contributed by atoms with Gasteiger partial charge in [-0.3, -0.25) is 9.36 Å². The Morgan fingerprint density at radius 3 is 2.71 bits per heavy atom.